The van der Waals surface area contributed by atoms with E-state index in [2.05, 4.69) is 5.10 Å². The third-order valence-corrected chi connectivity index (χ3v) is 7.56. The van der Waals surface area contributed by atoms with E-state index < -0.39 is 9.84 Å². The maximum atomic E-state index is 13.0. The first-order valence-corrected chi connectivity index (χ1v) is 11.5. The molecule has 1 saturated heterocycles. The molecule has 0 aliphatic carbocycles. The zero-order valence-corrected chi connectivity index (χ0v) is 17.9. The van der Waals surface area contributed by atoms with Crippen LogP contribution in [0.2, 0.25) is 0 Å². The number of amides is 1. The van der Waals surface area contributed by atoms with E-state index in [9.17, 15) is 13.2 Å². The summed E-state index contributed by atoms with van der Waals surface area (Å²) in [5, 5.41) is 5.52. The fourth-order valence-corrected chi connectivity index (χ4v) is 5.80. The van der Waals surface area contributed by atoms with E-state index in [1.165, 1.54) is 0 Å². The summed E-state index contributed by atoms with van der Waals surface area (Å²) in [4.78, 5) is 14.7. The molecule has 8 heteroatoms. The molecular weight excluding hydrogens is 390 g/mol. The third kappa shape index (κ3) is 3.46. The van der Waals surface area contributed by atoms with Crippen LogP contribution in [0.3, 0.4) is 0 Å². The van der Waals surface area contributed by atoms with Gasteiger partial charge in [-0.2, -0.15) is 5.10 Å². The van der Waals surface area contributed by atoms with Crippen LogP contribution in [0.5, 0.6) is 0 Å². The van der Waals surface area contributed by atoms with Crippen molar-refractivity contribution in [3.63, 3.8) is 0 Å². The Morgan fingerprint density at radius 2 is 2.00 bits per heavy atom. The quantitative estimate of drug-likeness (QED) is 0.653. The van der Waals surface area contributed by atoms with Crippen LogP contribution in [0, 0.1) is 20.8 Å². The van der Waals surface area contributed by atoms with Crippen LogP contribution >= 0.6 is 0 Å². The van der Waals surface area contributed by atoms with Crippen molar-refractivity contribution in [2.45, 2.75) is 39.8 Å². The fourth-order valence-electron chi connectivity index (χ4n) is 4.11. The van der Waals surface area contributed by atoms with Gasteiger partial charge in [-0.05, 0) is 33.3 Å². The average Bonchev–Trinajstić information content (AvgIpc) is 3.30. The number of aromatic nitrogens is 2. The molecule has 0 N–H and O–H groups in total. The van der Waals surface area contributed by atoms with Crippen LogP contribution in [-0.2, 0) is 16.4 Å². The van der Waals surface area contributed by atoms with Gasteiger partial charge in [0.25, 0.3) is 5.91 Å². The van der Waals surface area contributed by atoms with Crippen molar-refractivity contribution in [3.8, 4) is 0 Å². The molecule has 1 atom stereocenters. The molecule has 0 unspecified atom stereocenters. The topological polar surface area (TPSA) is 85.4 Å². The van der Waals surface area contributed by atoms with E-state index in [-0.39, 0.29) is 23.5 Å². The first-order valence-electron chi connectivity index (χ1n) is 9.66. The normalized spacial score (nSPS) is 18.4. The second-order valence-electron chi connectivity index (χ2n) is 7.86. The highest BCUT2D eigenvalue weighted by molar-refractivity contribution is 7.91. The first-order chi connectivity index (χ1) is 13.7. The molecule has 4 rings (SSSR count). The van der Waals surface area contributed by atoms with E-state index in [4.69, 9.17) is 4.42 Å². The Bertz CT molecular complexity index is 1210. The van der Waals surface area contributed by atoms with Crippen LogP contribution < -0.4 is 0 Å². The predicted molar refractivity (Wildman–Crippen MR) is 111 cm³/mol. The largest absolute Gasteiger partial charge is 0.451 e. The molecule has 0 saturated carbocycles. The van der Waals surface area contributed by atoms with Crippen molar-refractivity contribution in [1.29, 1.82) is 0 Å². The van der Waals surface area contributed by atoms with Gasteiger partial charge in [0.1, 0.15) is 5.58 Å². The van der Waals surface area contributed by atoms with Crippen LogP contribution in [0.15, 0.2) is 28.7 Å². The summed E-state index contributed by atoms with van der Waals surface area (Å²) >= 11 is 0. The SMILES string of the molecule is Cc1nn([C@@H]2CCS(=O)(=O)C2)c(C)c1CN(C)C(=O)c1oc2ccccc2c1C. The molecule has 29 heavy (non-hydrogen) atoms. The summed E-state index contributed by atoms with van der Waals surface area (Å²) < 4.78 is 31.3. The molecular formula is C21H25N3O4S. The summed E-state index contributed by atoms with van der Waals surface area (Å²) in [5.41, 5.74) is 4.19. The second kappa shape index (κ2) is 7.02. The highest BCUT2D eigenvalue weighted by Gasteiger charge is 2.32. The number of furan rings is 1. The van der Waals surface area contributed by atoms with E-state index >= 15 is 0 Å². The molecule has 0 radical (unpaired) electrons. The number of hydrogen-bond donors (Lipinski definition) is 0. The smallest absolute Gasteiger partial charge is 0.289 e. The van der Waals surface area contributed by atoms with E-state index in [0.717, 1.165) is 27.9 Å². The molecule has 0 bridgehead atoms. The van der Waals surface area contributed by atoms with Gasteiger partial charge >= 0.3 is 0 Å². The van der Waals surface area contributed by atoms with Gasteiger partial charge in [0.05, 0.1) is 23.2 Å². The third-order valence-electron chi connectivity index (χ3n) is 5.81. The van der Waals surface area contributed by atoms with Gasteiger partial charge in [-0.25, -0.2) is 8.42 Å². The standard InChI is InChI=1S/C21H25N3O4S/c1-13-17-7-5-6-8-19(17)28-20(13)21(25)23(4)11-18-14(2)22-24(15(18)3)16-9-10-29(26,27)12-16/h5-8,16H,9-12H2,1-4H3/t16-/m1/s1. The van der Waals surface area contributed by atoms with Gasteiger partial charge in [0.2, 0.25) is 0 Å². The van der Waals surface area contributed by atoms with Gasteiger partial charge < -0.3 is 9.32 Å². The Hall–Kier alpha value is -2.61. The lowest BCUT2D eigenvalue weighted by Crippen LogP contribution is -2.27. The lowest BCUT2D eigenvalue weighted by Gasteiger charge is -2.17. The molecule has 154 valence electrons. The van der Waals surface area contributed by atoms with Crippen LogP contribution in [-0.4, -0.2) is 47.6 Å². The van der Waals surface area contributed by atoms with Gasteiger partial charge in [0.15, 0.2) is 15.6 Å². The summed E-state index contributed by atoms with van der Waals surface area (Å²) in [6.07, 6.45) is 0.580. The van der Waals surface area contributed by atoms with Crippen LogP contribution in [0.25, 0.3) is 11.0 Å². The molecule has 1 fully saturated rings. The minimum absolute atomic E-state index is 0.126. The summed E-state index contributed by atoms with van der Waals surface area (Å²) in [6.45, 7) is 6.10. The lowest BCUT2D eigenvalue weighted by molar-refractivity contribution is 0.0754. The monoisotopic (exact) mass is 415 g/mol. The number of carbonyl (C=O) groups is 1. The molecule has 3 heterocycles. The molecule has 2 aromatic heterocycles. The Balaban J connectivity index is 1.59. The Morgan fingerprint density at radius 1 is 1.28 bits per heavy atom. The van der Waals surface area contributed by atoms with Crippen molar-refractivity contribution in [2.75, 3.05) is 18.6 Å². The Labute approximate surface area is 170 Å². The Kier molecular flexibility index (Phi) is 4.77. The highest BCUT2D eigenvalue weighted by Crippen LogP contribution is 2.29. The lowest BCUT2D eigenvalue weighted by atomic mass is 10.1. The maximum Gasteiger partial charge on any atom is 0.289 e. The molecule has 7 nitrogen and oxygen atoms in total. The summed E-state index contributed by atoms with van der Waals surface area (Å²) in [5.74, 6) is 0.489. The summed E-state index contributed by atoms with van der Waals surface area (Å²) in [6, 6.07) is 7.47. The minimum Gasteiger partial charge on any atom is -0.451 e. The molecule has 1 aromatic carbocycles. The molecule has 1 aliphatic heterocycles. The molecule has 0 spiro atoms. The van der Waals surface area contributed by atoms with Crippen molar-refractivity contribution >= 4 is 26.7 Å². The van der Waals surface area contributed by atoms with Gasteiger partial charge in [-0.1, -0.05) is 18.2 Å². The number of hydrogen-bond acceptors (Lipinski definition) is 5. The van der Waals surface area contributed by atoms with E-state index in [1.807, 2.05) is 49.7 Å². The number of aryl methyl sites for hydroxylation is 2. The number of nitrogens with zero attached hydrogens (tertiary/aromatic N) is 3. The second-order valence-corrected chi connectivity index (χ2v) is 10.1. The van der Waals surface area contributed by atoms with Gasteiger partial charge in [-0.15, -0.1) is 0 Å². The van der Waals surface area contributed by atoms with E-state index in [1.54, 1.807) is 11.9 Å². The van der Waals surface area contributed by atoms with Crippen molar-refractivity contribution < 1.29 is 17.6 Å². The fraction of sp³-hybridized carbons (Fsp3) is 0.429. The van der Waals surface area contributed by atoms with E-state index in [0.29, 0.717) is 24.3 Å². The predicted octanol–water partition coefficient (Wildman–Crippen LogP) is 3.19. The molecule has 1 amide bonds. The molecule has 1 aliphatic rings. The van der Waals surface area contributed by atoms with Crippen molar-refractivity contribution in [2.24, 2.45) is 0 Å². The number of sulfone groups is 1. The summed E-state index contributed by atoms with van der Waals surface area (Å²) in [7, 11) is -1.25. The minimum atomic E-state index is -2.99. The number of fused-ring (bicyclic) bond motifs is 1. The highest BCUT2D eigenvalue weighted by atomic mass is 32.2. The number of carbonyl (C=O) groups excluding carboxylic acids is 1. The van der Waals surface area contributed by atoms with Crippen LogP contribution in [0.4, 0.5) is 0 Å². The number of benzene rings is 1. The van der Waals surface area contributed by atoms with Gasteiger partial charge in [-0.3, -0.25) is 9.48 Å². The van der Waals surface area contributed by atoms with Gasteiger partial charge in [0, 0.05) is 35.8 Å². The van der Waals surface area contributed by atoms with Crippen molar-refractivity contribution in [1.82, 2.24) is 14.7 Å². The maximum absolute atomic E-state index is 13.0. The zero-order chi connectivity index (χ0) is 20.9. The first kappa shape index (κ1) is 19.7. The number of rotatable bonds is 4. The van der Waals surface area contributed by atoms with Crippen LogP contribution in [0.1, 0.15) is 45.5 Å². The molecule has 3 aromatic rings. The Morgan fingerprint density at radius 3 is 2.66 bits per heavy atom. The van der Waals surface area contributed by atoms with Crippen molar-refractivity contribution in [3.05, 3.63) is 52.5 Å². The number of para-hydroxylation sites is 1. The zero-order valence-electron chi connectivity index (χ0n) is 17.1. The average molecular weight is 416 g/mol.